The van der Waals surface area contributed by atoms with Crippen LogP contribution in [0.3, 0.4) is 0 Å². The molecule has 0 aliphatic heterocycles. The maximum atomic E-state index is 10.9. The van der Waals surface area contributed by atoms with E-state index in [9.17, 15) is 4.79 Å². The van der Waals surface area contributed by atoms with Gasteiger partial charge in [0, 0.05) is 6.08 Å². The average Bonchev–Trinajstić information content (AvgIpc) is 2.68. The van der Waals surface area contributed by atoms with Crippen molar-refractivity contribution in [3.8, 4) is 0 Å². The third kappa shape index (κ3) is 22.9. The quantitative estimate of drug-likeness (QED) is 0.0868. The summed E-state index contributed by atoms with van der Waals surface area (Å²) in [6.07, 6.45) is 30.0. The summed E-state index contributed by atoms with van der Waals surface area (Å²) in [5.41, 5.74) is 0. The molecule has 0 rings (SSSR count). The second-order valence-electron chi connectivity index (χ2n) is 7.72. The molecule has 0 aliphatic carbocycles. The Bertz CT molecular complexity index is 346. The van der Waals surface area contributed by atoms with Crippen LogP contribution in [0, 0.1) is 0 Å². The molecule has 0 aliphatic rings. The highest BCUT2D eigenvalue weighted by Crippen LogP contribution is 2.13. The summed E-state index contributed by atoms with van der Waals surface area (Å²) >= 11 is 0. The Morgan fingerprint density at radius 1 is 0.667 bits per heavy atom. The lowest BCUT2D eigenvalue weighted by Crippen LogP contribution is -2.00. The van der Waals surface area contributed by atoms with Crippen molar-refractivity contribution in [1.82, 2.24) is 0 Å². The van der Waals surface area contributed by atoms with E-state index in [-0.39, 0.29) is 5.97 Å². The molecular weight excluding hydrogens is 332 g/mol. The van der Waals surface area contributed by atoms with Gasteiger partial charge in [-0.2, -0.15) is 0 Å². The highest BCUT2D eigenvalue weighted by Gasteiger charge is 1.95. The Morgan fingerprint density at radius 3 is 1.52 bits per heavy atom. The first-order valence-corrected chi connectivity index (χ1v) is 11.8. The molecule has 0 N–H and O–H groups in total. The molecule has 0 radical (unpaired) electrons. The minimum Gasteiger partial charge on any atom is -0.463 e. The molecule has 0 spiro atoms. The lowest BCUT2D eigenvalue weighted by atomic mass is 10.0. The third-order valence-electron chi connectivity index (χ3n) is 5.07. The molecule has 2 heteroatoms. The average molecular weight is 379 g/mol. The molecule has 0 heterocycles. The number of ether oxygens (including phenoxy) is 1. The first-order chi connectivity index (χ1) is 13.3. The predicted octanol–water partition coefficient (Wildman–Crippen LogP) is 8.31. The Hall–Kier alpha value is -1.05. The zero-order valence-electron chi connectivity index (χ0n) is 18.2. The van der Waals surface area contributed by atoms with Crippen LogP contribution >= 0.6 is 0 Å². The van der Waals surface area contributed by atoms with Crippen molar-refractivity contribution >= 4 is 5.97 Å². The minimum absolute atomic E-state index is 0.322. The van der Waals surface area contributed by atoms with Gasteiger partial charge >= 0.3 is 5.97 Å². The van der Waals surface area contributed by atoms with E-state index >= 15 is 0 Å². The van der Waals surface area contributed by atoms with E-state index in [0.717, 1.165) is 12.8 Å². The fourth-order valence-electron chi connectivity index (χ4n) is 3.30. The van der Waals surface area contributed by atoms with Crippen LogP contribution in [-0.2, 0) is 9.53 Å². The van der Waals surface area contributed by atoms with Gasteiger partial charge in [-0.25, -0.2) is 4.79 Å². The smallest absolute Gasteiger partial charge is 0.330 e. The summed E-state index contributed by atoms with van der Waals surface area (Å²) in [4.78, 5) is 10.9. The molecule has 0 unspecified atom stereocenters. The monoisotopic (exact) mass is 378 g/mol. The van der Waals surface area contributed by atoms with Crippen LogP contribution < -0.4 is 0 Å². The van der Waals surface area contributed by atoms with Gasteiger partial charge in [0.1, 0.15) is 0 Å². The molecule has 2 nitrogen and oxygen atoms in total. The zero-order chi connectivity index (χ0) is 19.8. The van der Waals surface area contributed by atoms with Crippen molar-refractivity contribution in [1.29, 1.82) is 0 Å². The van der Waals surface area contributed by atoms with Gasteiger partial charge in [-0.3, -0.25) is 0 Å². The van der Waals surface area contributed by atoms with Gasteiger partial charge in [0.05, 0.1) is 6.61 Å². The molecule has 0 amide bonds. The molecule has 0 bridgehead atoms. The number of carbonyl (C=O) groups excluding carboxylic acids is 1. The minimum atomic E-state index is -0.322. The molecule has 0 aromatic rings. The molecule has 0 atom stereocenters. The van der Waals surface area contributed by atoms with E-state index in [1.165, 1.54) is 109 Å². The van der Waals surface area contributed by atoms with Crippen molar-refractivity contribution in [3.63, 3.8) is 0 Å². The number of hydrogen-bond donors (Lipinski definition) is 0. The maximum Gasteiger partial charge on any atom is 0.330 e. The maximum absolute atomic E-state index is 10.9. The molecule has 0 saturated heterocycles. The normalized spacial score (nSPS) is 11.1. The summed E-state index contributed by atoms with van der Waals surface area (Å²) in [7, 11) is 0. The number of rotatable bonds is 21. The second kappa shape index (κ2) is 23.0. The number of unbranched alkanes of at least 4 members (excludes halogenated alkanes) is 16. The van der Waals surface area contributed by atoms with Crippen LogP contribution in [0.5, 0.6) is 0 Å². The third-order valence-corrected chi connectivity index (χ3v) is 5.07. The lowest BCUT2D eigenvalue weighted by molar-refractivity contribution is -0.137. The fraction of sp³-hybridized carbons (Fsp3) is 0.800. The van der Waals surface area contributed by atoms with Crippen molar-refractivity contribution in [2.75, 3.05) is 6.61 Å². The van der Waals surface area contributed by atoms with Gasteiger partial charge in [0.25, 0.3) is 0 Å². The van der Waals surface area contributed by atoms with E-state index in [1.807, 2.05) is 0 Å². The van der Waals surface area contributed by atoms with Crippen LogP contribution in [0.4, 0.5) is 0 Å². The topological polar surface area (TPSA) is 26.3 Å². The van der Waals surface area contributed by atoms with Gasteiger partial charge in [0.15, 0.2) is 0 Å². The number of carbonyl (C=O) groups is 1. The number of esters is 1. The Balaban J connectivity index is 3.09. The largest absolute Gasteiger partial charge is 0.463 e. The van der Waals surface area contributed by atoms with Crippen molar-refractivity contribution < 1.29 is 9.53 Å². The Kier molecular flexibility index (Phi) is 22.1. The van der Waals surface area contributed by atoms with Crippen molar-refractivity contribution in [3.05, 3.63) is 24.8 Å². The van der Waals surface area contributed by atoms with Crippen LogP contribution in [0.1, 0.15) is 122 Å². The van der Waals surface area contributed by atoms with Gasteiger partial charge in [-0.15, -0.1) is 0 Å². The van der Waals surface area contributed by atoms with Gasteiger partial charge in [-0.1, -0.05) is 116 Å². The van der Waals surface area contributed by atoms with Crippen molar-refractivity contribution in [2.45, 2.75) is 122 Å². The summed E-state index contributed by atoms with van der Waals surface area (Å²) in [6, 6.07) is 0. The first-order valence-electron chi connectivity index (χ1n) is 11.8. The van der Waals surface area contributed by atoms with Gasteiger partial charge < -0.3 is 4.74 Å². The van der Waals surface area contributed by atoms with E-state index < -0.39 is 0 Å². The van der Waals surface area contributed by atoms with Gasteiger partial charge in [0.2, 0.25) is 0 Å². The first kappa shape index (κ1) is 26.0. The van der Waals surface area contributed by atoms with Crippen LogP contribution in [-0.4, -0.2) is 12.6 Å². The number of allylic oxidation sites excluding steroid dienone is 2. The second-order valence-corrected chi connectivity index (χ2v) is 7.72. The molecular formula is C25H46O2. The SMILES string of the molecule is C=CC(=O)OCCC/C=C/CCCCCCCCCCCCCCCCC. The van der Waals surface area contributed by atoms with Crippen LogP contribution in [0.25, 0.3) is 0 Å². The summed E-state index contributed by atoms with van der Waals surface area (Å²) in [5, 5.41) is 0. The number of hydrogen-bond acceptors (Lipinski definition) is 2. The molecule has 0 aromatic heterocycles. The lowest BCUT2D eigenvalue weighted by Gasteiger charge is -2.03. The highest BCUT2D eigenvalue weighted by molar-refractivity contribution is 5.81. The molecule has 27 heavy (non-hydrogen) atoms. The van der Waals surface area contributed by atoms with Crippen molar-refractivity contribution in [2.24, 2.45) is 0 Å². The Morgan fingerprint density at radius 2 is 1.07 bits per heavy atom. The zero-order valence-corrected chi connectivity index (χ0v) is 18.2. The van der Waals surface area contributed by atoms with Crippen LogP contribution in [0.15, 0.2) is 24.8 Å². The van der Waals surface area contributed by atoms with E-state index in [1.54, 1.807) is 0 Å². The van der Waals surface area contributed by atoms with E-state index in [0.29, 0.717) is 6.61 Å². The molecule has 0 aromatic carbocycles. The standard InChI is InChI=1S/C25H46O2/c1-3-5-6-7-8-9-10-11-12-13-14-15-16-17-18-19-20-21-22-23-24-27-25(26)4-2/h4,20-21H,2-3,5-19,22-24H2,1H3/b21-20+. The van der Waals surface area contributed by atoms with Gasteiger partial charge in [-0.05, 0) is 25.7 Å². The fourth-order valence-corrected chi connectivity index (χ4v) is 3.30. The Labute approximate surface area is 169 Å². The van der Waals surface area contributed by atoms with E-state index in [4.69, 9.17) is 4.74 Å². The molecule has 0 saturated carbocycles. The summed E-state index contributed by atoms with van der Waals surface area (Å²) < 4.78 is 4.94. The summed E-state index contributed by atoms with van der Waals surface area (Å²) in [5.74, 6) is -0.322. The molecule has 0 fully saturated rings. The van der Waals surface area contributed by atoms with E-state index in [2.05, 4.69) is 25.7 Å². The predicted molar refractivity (Wildman–Crippen MR) is 119 cm³/mol. The summed E-state index contributed by atoms with van der Waals surface area (Å²) in [6.45, 7) is 6.16. The molecule has 158 valence electrons. The highest BCUT2D eigenvalue weighted by atomic mass is 16.5. The van der Waals surface area contributed by atoms with Crippen LogP contribution in [0.2, 0.25) is 0 Å².